The van der Waals surface area contributed by atoms with E-state index >= 15 is 0 Å². The van der Waals surface area contributed by atoms with Crippen LogP contribution in [0.15, 0.2) is 0 Å². The zero-order valence-corrected chi connectivity index (χ0v) is 12.5. The van der Waals surface area contributed by atoms with Gasteiger partial charge in [0.1, 0.15) is 0 Å². The molecule has 0 aliphatic carbocycles. The molecule has 101 valence electrons. The van der Waals surface area contributed by atoms with E-state index in [0.29, 0.717) is 0 Å². The van der Waals surface area contributed by atoms with Crippen LogP contribution in [0, 0.1) is 6.92 Å². The van der Waals surface area contributed by atoms with Crippen molar-refractivity contribution in [3.8, 4) is 0 Å². The predicted molar refractivity (Wildman–Crippen MR) is 67.9 cm³/mol. The zero-order valence-electron chi connectivity index (χ0n) is 10.3. The van der Waals surface area contributed by atoms with Gasteiger partial charge in [-0.05, 0) is 0 Å². The number of carbonyl (C=O) groups is 1. The molecule has 7 heteroatoms. The minimum absolute atomic E-state index is 0. The number of nitrogens with zero attached hydrogens (tertiary/aromatic N) is 1. The topological polar surface area (TPSA) is 83.5 Å². The molecule has 2 N–H and O–H groups in total. The molecule has 0 aromatic heterocycles. The van der Waals surface area contributed by atoms with Gasteiger partial charge >= 0.3 is 18.6 Å². The summed E-state index contributed by atoms with van der Waals surface area (Å²) < 4.78 is 13.5. The third-order valence-electron chi connectivity index (χ3n) is 0.213. The summed E-state index contributed by atoms with van der Waals surface area (Å²) >= 11 is -2.01. The van der Waals surface area contributed by atoms with E-state index in [2.05, 4.69) is 21.8 Å². The Kier molecular flexibility index (Phi) is 103. The van der Waals surface area contributed by atoms with E-state index in [0.717, 1.165) is 0 Å². The Morgan fingerprint density at radius 1 is 1.19 bits per heavy atom. The van der Waals surface area contributed by atoms with Crippen molar-refractivity contribution >= 4 is 17.2 Å². The van der Waals surface area contributed by atoms with Gasteiger partial charge in [-0.1, -0.05) is 54.9 Å². The Hall–Kier alpha value is -0.00558. The molecule has 0 aromatic carbocycles. The molecule has 1 radical (unpaired) electrons. The maximum absolute atomic E-state index is 9.76. The van der Waals surface area contributed by atoms with Crippen molar-refractivity contribution in [3.05, 3.63) is 12.4 Å². The second-order valence-corrected chi connectivity index (χ2v) is 1.49. The predicted octanol–water partition coefficient (Wildman–Crippen LogP) is 2.90. The fourth-order valence-corrected chi connectivity index (χ4v) is 0.235. The van der Waals surface area contributed by atoms with Gasteiger partial charge in [-0.15, -0.1) is 0 Å². The average molecular weight is 293 g/mol. The zero-order chi connectivity index (χ0) is 12.6. The van der Waals surface area contributed by atoms with Gasteiger partial charge in [-0.2, -0.15) is 0 Å². The molecular formula is C9H26N2O3SV. The number of amides is 1. The fraction of sp³-hybridized carbons (Fsp3) is 0.778. The van der Waals surface area contributed by atoms with Crippen molar-refractivity contribution in [1.82, 2.24) is 0 Å². The van der Waals surface area contributed by atoms with E-state index in [1.807, 2.05) is 41.5 Å². The number of nitrogens with two attached hydrogens (primary N) is 1. The second kappa shape index (κ2) is 45.9. The minimum atomic E-state index is -2.01. The molecule has 0 saturated heterocycles. The maximum Gasteiger partial charge on any atom is 2.00 e. The van der Waals surface area contributed by atoms with E-state index in [-0.39, 0.29) is 26.0 Å². The van der Waals surface area contributed by atoms with Crippen LogP contribution in [-0.4, -0.2) is 10.1 Å². The third kappa shape index (κ3) is 94.7. The summed E-state index contributed by atoms with van der Waals surface area (Å²) in [4.78, 5) is 9.76. The van der Waals surface area contributed by atoms with Crippen molar-refractivity contribution in [1.29, 1.82) is 0 Å². The molecule has 1 amide bonds. The normalized spacial score (nSPS) is 7.44. The molecular weight excluding hydrogens is 267 g/mol. The molecule has 0 aliphatic rings. The molecule has 16 heavy (non-hydrogen) atoms. The van der Waals surface area contributed by atoms with Gasteiger partial charge in [0, 0.05) is 0 Å². The van der Waals surface area contributed by atoms with Gasteiger partial charge in [-0.3, -0.25) is 0 Å². The first kappa shape index (κ1) is 36.0. The van der Waals surface area contributed by atoms with Crippen molar-refractivity contribution in [3.63, 3.8) is 0 Å². The van der Waals surface area contributed by atoms with Crippen LogP contribution in [0.4, 0.5) is 0 Å². The molecule has 0 aromatic rings. The van der Waals surface area contributed by atoms with E-state index in [1.165, 1.54) is 0 Å². The number of hydrogen-bond donors (Lipinski definition) is 1. The van der Waals surface area contributed by atoms with Crippen LogP contribution in [0.3, 0.4) is 0 Å². The third-order valence-corrected chi connectivity index (χ3v) is 0.434. The summed E-state index contributed by atoms with van der Waals surface area (Å²) in [5, 5.41) is 4.52. The van der Waals surface area contributed by atoms with Crippen LogP contribution < -0.4 is 5.14 Å². The van der Waals surface area contributed by atoms with E-state index < -0.39 is 17.2 Å². The smallest absolute Gasteiger partial charge is 0.541 e. The molecule has 0 heterocycles. The van der Waals surface area contributed by atoms with Gasteiger partial charge in [-0.25, -0.2) is 9.35 Å². The summed E-state index contributed by atoms with van der Waals surface area (Å²) in [5.41, 5.74) is 2.65. The van der Waals surface area contributed by atoms with Crippen molar-refractivity contribution in [2.75, 3.05) is 0 Å². The van der Waals surface area contributed by atoms with Crippen LogP contribution >= 0.6 is 0 Å². The molecule has 1 unspecified atom stereocenters. The first-order valence-corrected chi connectivity index (χ1v) is 5.67. The Morgan fingerprint density at radius 2 is 1.44 bits per heavy atom. The Balaban J connectivity index is -0.0000000272. The van der Waals surface area contributed by atoms with Gasteiger partial charge in [0.05, 0.1) is 0 Å². The molecule has 0 fully saturated rings. The van der Waals surface area contributed by atoms with E-state index in [9.17, 15) is 9.00 Å². The van der Waals surface area contributed by atoms with Crippen molar-refractivity contribution in [2.24, 2.45) is 5.14 Å². The summed E-state index contributed by atoms with van der Waals surface area (Å²) in [5.74, 6) is -0.816. The molecule has 0 bridgehead atoms. The van der Waals surface area contributed by atoms with Gasteiger partial charge in [0.15, 0.2) is 0 Å². The Morgan fingerprint density at radius 3 is 1.50 bits per heavy atom. The molecule has 0 saturated carbocycles. The van der Waals surface area contributed by atoms with Gasteiger partial charge < -0.3 is 21.5 Å². The fourth-order valence-electron chi connectivity index (χ4n) is 0.0783. The van der Waals surface area contributed by atoms with Crippen LogP contribution in [0.5, 0.6) is 0 Å². The quantitative estimate of drug-likeness (QED) is 0.627. The largest absolute Gasteiger partial charge is 2.00 e. The molecule has 5 nitrogen and oxygen atoms in total. The first-order valence-electron chi connectivity index (χ1n) is 4.53. The molecule has 1 atom stereocenters. The monoisotopic (exact) mass is 293 g/mol. The van der Waals surface area contributed by atoms with Crippen LogP contribution in [0.1, 0.15) is 49.0 Å². The number of hydrogen-bond acceptors (Lipinski definition) is 3. The SMILES string of the molecule is C.CC.CC.CC.[CH2-]C(=O)[N-]OS(N)=O.[V+2]. The molecule has 0 rings (SSSR count). The summed E-state index contributed by atoms with van der Waals surface area (Å²) in [6.07, 6.45) is 0. The Labute approximate surface area is 116 Å². The summed E-state index contributed by atoms with van der Waals surface area (Å²) in [6, 6.07) is 0. The van der Waals surface area contributed by atoms with E-state index in [4.69, 9.17) is 0 Å². The standard InChI is InChI=1S/C2H5N2O3S.3C2H6.CH4.V/c1-2(5)4-7-8(3)6;3*1-2;;/h1,3H2,(H,4,5);3*1-2H3;1H4;/q-1;;;;;+2/p-1. The number of rotatable bonds is 2. The van der Waals surface area contributed by atoms with Crippen LogP contribution in [0.25, 0.3) is 5.48 Å². The van der Waals surface area contributed by atoms with Gasteiger partial charge in [0.2, 0.25) is 11.3 Å². The first-order chi connectivity index (χ1) is 6.63. The number of carbonyl (C=O) groups excluding carboxylic acids is 1. The molecule has 0 aliphatic heterocycles. The number of hydroxylamine groups is 1. The maximum atomic E-state index is 9.76. The Bertz CT molecular complexity index is 113. The summed E-state index contributed by atoms with van der Waals surface area (Å²) in [6.45, 7) is 14.8. The van der Waals surface area contributed by atoms with Gasteiger partial charge in [0.25, 0.3) is 0 Å². The van der Waals surface area contributed by atoms with Crippen LogP contribution in [-0.2, 0) is 38.9 Å². The minimum Gasteiger partial charge on any atom is -0.541 e. The van der Waals surface area contributed by atoms with E-state index in [1.54, 1.807) is 0 Å². The van der Waals surface area contributed by atoms with Crippen molar-refractivity contribution in [2.45, 2.75) is 49.0 Å². The second-order valence-electron chi connectivity index (χ2n) is 0.820. The summed E-state index contributed by atoms with van der Waals surface area (Å²) in [7, 11) is 0. The van der Waals surface area contributed by atoms with Crippen molar-refractivity contribution < 1.29 is 31.8 Å². The average Bonchev–Trinajstić information content (AvgIpc) is 2.24. The molecule has 0 spiro atoms. The van der Waals surface area contributed by atoms with Crippen LogP contribution in [0.2, 0.25) is 0 Å².